The average molecular weight is 396 g/mol. The molecule has 0 radical (unpaired) electrons. The number of fused-ring (bicyclic) bond motifs is 3. The number of nitrogens with zero attached hydrogens (tertiary/aromatic N) is 1. The minimum absolute atomic E-state index is 0. The largest absolute Gasteiger partial charge is 0.478 e. The van der Waals surface area contributed by atoms with E-state index in [1.165, 1.54) is 0 Å². The Labute approximate surface area is 167 Å². The summed E-state index contributed by atoms with van der Waals surface area (Å²) in [5.74, 6) is 4.09. The van der Waals surface area contributed by atoms with E-state index >= 15 is 0 Å². The zero-order chi connectivity index (χ0) is 18.8. The van der Waals surface area contributed by atoms with Crippen molar-refractivity contribution in [2.24, 2.45) is 5.90 Å². The highest BCUT2D eigenvalue weighted by Gasteiger charge is 2.20. The fourth-order valence-electron chi connectivity index (χ4n) is 3.20. The molecule has 0 fully saturated rings. The SMILES string of the molecule is Cl.NOCc1nc2c(ccc3c[nH]c(/C=C/c4ccccc4)cc32)c1C(=O)O. The van der Waals surface area contributed by atoms with Gasteiger partial charge in [-0.3, -0.25) is 4.84 Å². The number of hydrogen-bond acceptors (Lipinski definition) is 4. The third kappa shape index (κ3) is 3.61. The van der Waals surface area contributed by atoms with E-state index in [1.807, 2.05) is 60.8 Å². The molecule has 0 aliphatic rings. The molecular formula is C21H18ClN3O3. The molecule has 6 nitrogen and oxygen atoms in total. The molecular weight excluding hydrogens is 378 g/mol. The molecule has 0 unspecified atom stereocenters. The van der Waals surface area contributed by atoms with Gasteiger partial charge in [0.05, 0.1) is 16.8 Å². The van der Waals surface area contributed by atoms with Crippen molar-refractivity contribution in [3.63, 3.8) is 0 Å². The summed E-state index contributed by atoms with van der Waals surface area (Å²) in [6.45, 7) is -0.0580. The molecule has 0 saturated heterocycles. The normalized spacial score (nSPS) is 11.2. The molecule has 0 saturated carbocycles. The molecule has 0 aliphatic carbocycles. The van der Waals surface area contributed by atoms with Crippen LogP contribution in [-0.2, 0) is 11.4 Å². The molecule has 0 aliphatic heterocycles. The summed E-state index contributed by atoms with van der Waals surface area (Å²) in [7, 11) is 0. The lowest BCUT2D eigenvalue weighted by molar-refractivity contribution is 0.0689. The van der Waals surface area contributed by atoms with Crippen LogP contribution in [0, 0.1) is 0 Å². The molecule has 0 bridgehead atoms. The van der Waals surface area contributed by atoms with E-state index in [0.717, 1.165) is 22.0 Å². The van der Waals surface area contributed by atoms with Gasteiger partial charge in [-0.1, -0.05) is 48.5 Å². The van der Waals surface area contributed by atoms with Crippen molar-refractivity contribution in [3.05, 3.63) is 77.2 Å². The van der Waals surface area contributed by atoms with Gasteiger partial charge in [0.15, 0.2) is 0 Å². The molecule has 0 spiro atoms. The van der Waals surface area contributed by atoms with Crippen LogP contribution in [0.3, 0.4) is 0 Å². The van der Waals surface area contributed by atoms with Crippen LogP contribution in [0.4, 0.5) is 0 Å². The summed E-state index contributed by atoms with van der Waals surface area (Å²) in [6.07, 6.45) is 5.86. The van der Waals surface area contributed by atoms with E-state index in [1.54, 1.807) is 6.07 Å². The number of rotatable bonds is 5. The van der Waals surface area contributed by atoms with E-state index in [-0.39, 0.29) is 24.6 Å². The number of nitrogens with one attached hydrogen (secondary N) is 1. The summed E-state index contributed by atoms with van der Waals surface area (Å²) in [5.41, 5.74) is 3.05. The molecule has 2 heterocycles. The van der Waals surface area contributed by atoms with E-state index < -0.39 is 5.97 Å². The van der Waals surface area contributed by atoms with E-state index in [0.29, 0.717) is 16.6 Å². The minimum Gasteiger partial charge on any atom is -0.478 e. The van der Waals surface area contributed by atoms with E-state index in [4.69, 9.17) is 5.90 Å². The summed E-state index contributed by atoms with van der Waals surface area (Å²) < 4.78 is 0. The first kappa shape index (κ1) is 19.6. The highest BCUT2D eigenvalue weighted by molar-refractivity contribution is 6.13. The number of hydrogen-bond donors (Lipinski definition) is 3. The van der Waals surface area contributed by atoms with Crippen LogP contribution < -0.4 is 5.90 Å². The van der Waals surface area contributed by atoms with Crippen LogP contribution in [0.25, 0.3) is 33.8 Å². The Kier molecular flexibility index (Phi) is 5.75. The lowest BCUT2D eigenvalue weighted by atomic mass is 10.1. The molecule has 4 aromatic rings. The van der Waals surface area contributed by atoms with Gasteiger partial charge in [-0.15, -0.1) is 12.4 Å². The predicted molar refractivity (Wildman–Crippen MR) is 112 cm³/mol. The predicted octanol–water partition coefficient (Wildman–Crippen LogP) is 4.40. The second kappa shape index (κ2) is 8.22. The van der Waals surface area contributed by atoms with Crippen molar-refractivity contribution < 1.29 is 14.7 Å². The molecule has 2 aromatic carbocycles. The van der Waals surface area contributed by atoms with Crippen LogP contribution in [0.2, 0.25) is 0 Å². The van der Waals surface area contributed by atoms with Crippen LogP contribution >= 0.6 is 12.4 Å². The van der Waals surface area contributed by atoms with Gasteiger partial charge in [0.1, 0.15) is 6.61 Å². The highest BCUT2D eigenvalue weighted by Crippen LogP contribution is 2.30. The quantitative estimate of drug-likeness (QED) is 0.435. The molecule has 0 atom stereocenters. The average Bonchev–Trinajstić information content (AvgIpc) is 3.06. The number of aromatic amines is 1. The van der Waals surface area contributed by atoms with Gasteiger partial charge in [0.2, 0.25) is 0 Å². The summed E-state index contributed by atoms with van der Waals surface area (Å²) in [5, 5.41) is 11.9. The lowest BCUT2D eigenvalue weighted by Crippen LogP contribution is -2.05. The molecule has 0 amide bonds. The number of carboxylic acid groups (broad SMARTS) is 1. The number of carboxylic acids is 1. The van der Waals surface area contributed by atoms with Gasteiger partial charge >= 0.3 is 5.97 Å². The van der Waals surface area contributed by atoms with Crippen molar-refractivity contribution >= 4 is 52.2 Å². The van der Waals surface area contributed by atoms with Crippen LogP contribution in [0.15, 0.2) is 54.7 Å². The van der Waals surface area contributed by atoms with Crippen LogP contribution in [0.1, 0.15) is 27.3 Å². The Morgan fingerprint density at radius 1 is 1.14 bits per heavy atom. The number of aromatic nitrogens is 2. The Balaban J connectivity index is 0.00000225. The third-order valence-electron chi connectivity index (χ3n) is 4.44. The Morgan fingerprint density at radius 3 is 2.64 bits per heavy atom. The standard InChI is InChI=1S/C21H17N3O3.ClH/c22-27-12-18-19(21(25)26)16-9-7-14-11-23-15(10-17(14)20(16)24-18)8-6-13-4-2-1-3-5-13;/h1-11,23H,12,22H2,(H,25,26);1H/b8-6+;. The Bertz CT molecular complexity index is 1170. The number of aromatic carboxylic acids is 1. The molecule has 28 heavy (non-hydrogen) atoms. The highest BCUT2D eigenvalue weighted by atomic mass is 35.5. The first-order valence-corrected chi connectivity index (χ1v) is 8.39. The second-order valence-electron chi connectivity index (χ2n) is 6.15. The number of halogens is 1. The first-order valence-electron chi connectivity index (χ1n) is 8.39. The van der Waals surface area contributed by atoms with E-state index in [9.17, 15) is 9.90 Å². The zero-order valence-electron chi connectivity index (χ0n) is 14.8. The molecule has 2 aromatic heterocycles. The maximum Gasteiger partial charge on any atom is 0.338 e. The maximum absolute atomic E-state index is 11.7. The van der Waals surface area contributed by atoms with Crippen LogP contribution in [-0.4, -0.2) is 21.0 Å². The third-order valence-corrected chi connectivity index (χ3v) is 4.44. The monoisotopic (exact) mass is 395 g/mol. The van der Waals surface area contributed by atoms with Gasteiger partial charge in [-0.2, -0.15) is 0 Å². The van der Waals surface area contributed by atoms with Crippen molar-refractivity contribution in [3.8, 4) is 0 Å². The Morgan fingerprint density at radius 2 is 1.93 bits per heavy atom. The van der Waals surface area contributed by atoms with Gasteiger partial charge in [0.25, 0.3) is 0 Å². The Hall–Kier alpha value is -3.19. The smallest absolute Gasteiger partial charge is 0.338 e. The minimum atomic E-state index is -1.05. The number of benzene rings is 2. The van der Waals surface area contributed by atoms with Gasteiger partial charge in [-0.25, -0.2) is 15.7 Å². The summed E-state index contributed by atoms with van der Waals surface area (Å²) in [4.78, 5) is 24.0. The molecule has 142 valence electrons. The first-order chi connectivity index (χ1) is 13.2. The topological polar surface area (TPSA) is 101 Å². The fourth-order valence-corrected chi connectivity index (χ4v) is 3.20. The maximum atomic E-state index is 11.7. The van der Waals surface area contributed by atoms with Gasteiger partial charge < -0.3 is 10.1 Å². The second-order valence-corrected chi connectivity index (χ2v) is 6.15. The van der Waals surface area contributed by atoms with Gasteiger partial charge in [-0.05, 0) is 23.1 Å². The van der Waals surface area contributed by atoms with Crippen molar-refractivity contribution in [1.82, 2.24) is 9.97 Å². The molecule has 7 heteroatoms. The molecule has 4 rings (SSSR count). The van der Waals surface area contributed by atoms with Crippen LogP contribution in [0.5, 0.6) is 0 Å². The van der Waals surface area contributed by atoms with Crippen molar-refractivity contribution in [2.45, 2.75) is 6.61 Å². The lowest BCUT2D eigenvalue weighted by Gasteiger charge is -2.03. The number of pyridine rings is 1. The van der Waals surface area contributed by atoms with E-state index in [2.05, 4.69) is 14.8 Å². The zero-order valence-corrected chi connectivity index (χ0v) is 15.6. The molecule has 4 N–H and O–H groups in total. The van der Waals surface area contributed by atoms with Gasteiger partial charge in [0, 0.05) is 22.7 Å². The fraction of sp³-hybridized carbons (Fsp3) is 0.0476. The number of H-pyrrole nitrogens is 1. The van der Waals surface area contributed by atoms with Crippen molar-refractivity contribution in [1.29, 1.82) is 0 Å². The summed E-state index contributed by atoms with van der Waals surface area (Å²) in [6, 6.07) is 15.6. The number of nitrogens with two attached hydrogens (primary N) is 1. The van der Waals surface area contributed by atoms with Crippen molar-refractivity contribution in [2.75, 3.05) is 0 Å². The number of carbonyl (C=O) groups is 1. The summed E-state index contributed by atoms with van der Waals surface area (Å²) >= 11 is 0.